The summed E-state index contributed by atoms with van der Waals surface area (Å²) in [6.07, 6.45) is 2.09. The first-order valence-corrected chi connectivity index (χ1v) is 11.3. The van der Waals surface area contributed by atoms with Crippen LogP contribution in [0, 0.1) is 0 Å². The fourth-order valence-electron chi connectivity index (χ4n) is 3.40. The summed E-state index contributed by atoms with van der Waals surface area (Å²) in [5.41, 5.74) is 2.95. The van der Waals surface area contributed by atoms with E-state index in [-0.39, 0.29) is 0 Å². The Bertz CT molecular complexity index is 430. The van der Waals surface area contributed by atoms with Crippen LogP contribution in [0.5, 0.6) is 0 Å². The van der Waals surface area contributed by atoms with E-state index >= 15 is 0 Å². The van der Waals surface area contributed by atoms with Gasteiger partial charge in [0.05, 0.1) is 0 Å². The maximum atomic E-state index is 6.83. The Morgan fingerprint density at radius 2 is 1.43 bits per heavy atom. The third-order valence-corrected chi connectivity index (χ3v) is 10.7. The van der Waals surface area contributed by atoms with Crippen LogP contribution in [0.15, 0.2) is 35.7 Å². The second kappa shape index (κ2) is 8.09. The molecule has 0 fully saturated rings. The lowest BCUT2D eigenvalue weighted by Gasteiger charge is -2.43. The van der Waals surface area contributed by atoms with Crippen molar-refractivity contribution < 1.29 is 4.43 Å². The zero-order valence-electron chi connectivity index (χ0n) is 14.5. The van der Waals surface area contributed by atoms with Gasteiger partial charge in [-0.25, -0.2) is 0 Å². The first-order chi connectivity index (χ1) is 9.86. The summed E-state index contributed by atoms with van der Waals surface area (Å²) in [6.45, 7) is 14.0. The molecule has 118 valence electrons. The molecule has 0 bridgehead atoms. The highest BCUT2D eigenvalue weighted by Gasteiger charge is 2.47. The number of hydrogen-bond acceptors (Lipinski definition) is 2. The van der Waals surface area contributed by atoms with Gasteiger partial charge in [-0.05, 0) is 22.9 Å². The topological polar surface area (TPSA) is 9.23 Å². The lowest BCUT2D eigenvalue weighted by atomic mass is 10.2. The van der Waals surface area contributed by atoms with Crippen molar-refractivity contribution >= 4 is 25.8 Å². The molecule has 0 aliphatic carbocycles. The van der Waals surface area contributed by atoms with Gasteiger partial charge in [-0.3, -0.25) is 0 Å². The first-order valence-electron chi connectivity index (χ1n) is 7.83. The van der Waals surface area contributed by atoms with Crippen molar-refractivity contribution in [2.75, 3.05) is 6.26 Å². The molecule has 0 saturated heterocycles. The second-order valence-electron chi connectivity index (χ2n) is 6.50. The van der Waals surface area contributed by atoms with Gasteiger partial charge in [-0.2, -0.15) is 0 Å². The molecule has 0 aromatic heterocycles. The molecule has 0 heterocycles. The van der Waals surface area contributed by atoms with Crippen LogP contribution < -0.4 is 0 Å². The fourth-order valence-corrected chi connectivity index (χ4v) is 9.15. The van der Waals surface area contributed by atoms with E-state index in [4.69, 9.17) is 4.43 Å². The second-order valence-corrected chi connectivity index (χ2v) is 12.6. The third kappa shape index (κ3) is 4.16. The highest BCUT2D eigenvalue weighted by molar-refractivity contribution is 8.01. The van der Waals surface area contributed by atoms with Gasteiger partial charge in [0.25, 0.3) is 8.32 Å². The molecule has 1 aromatic rings. The highest BCUT2D eigenvalue weighted by Crippen LogP contribution is 2.45. The Labute approximate surface area is 136 Å². The fraction of sp³-hybridized carbons (Fsp3) is 0.556. The third-order valence-electron chi connectivity index (χ3n) is 4.28. The van der Waals surface area contributed by atoms with Crippen LogP contribution in [0.1, 0.15) is 47.1 Å². The molecule has 1 rings (SSSR count). The van der Waals surface area contributed by atoms with Crippen LogP contribution in [0.4, 0.5) is 0 Å². The van der Waals surface area contributed by atoms with E-state index in [1.54, 1.807) is 11.8 Å². The standard InChI is InChI=1S/C18H30OSSi/c1-14(2)21(15(3)4,16(5)6)19-18(13-20-7)17-11-9-8-10-12-17/h8-16H,1-7H3/b18-13+. The minimum Gasteiger partial charge on any atom is -0.542 e. The minimum absolute atomic E-state index is 0.589. The first kappa shape index (κ1) is 18.4. The Morgan fingerprint density at radius 3 is 1.81 bits per heavy atom. The van der Waals surface area contributed by atoms with Gasteiger partial charge in [0.1, 0.15) is 5.76 Å². The molecule has 3 heteroatoms. The number of thioether (sulfide) groups is 1. The van der Waals surface area contributed by atoms with Crippen LogP contribution in [0.25, 0.3) is 5.76 Å². The van der Waals surface area contributed by atoms with Gasteiger partial charge >= 0.3 is 0 Å². The molecular formula is C18H30OSSi. The molecule has 0 saturated carbocycles. The molecule has 0 atom stereocenters. The number of hydrogen-bond donors (Lipinski definition) is 0. The maximum absolute atomic E-state index is 6.83. The van der Waals surface area contributed by atoms with Gasteiger partial charge in [-0.1, -0.05) is 71.9 Å². The lowest BCUT2D eigenvalue weighted by molar-refractivity contribution is 0.445. The SMILES string of the molecule is CS/C=C(/O[Si](C(C)C)(C(C)C)C(C)C)c1ccccc1. The summed E-state index contributed by atoms with van der Waals surface area (Å²) in [7, 11) is -1.89. The largest absolute Gasteiger partial charge is 0.542 e. The van der Waals surface area contributed by atoms with Gasteiger partial charge < -0.3 is 4.43 Å². The summed E-state index contributed by atoms with van der Waals surface area (Å²) in [5, 5.41) is 2.16. The van der Waals surface area contributed by atoms with E-state index in [0.717, 1.165) is 5.76 Å². The molecule has 0 N–H and O–H groups in total. The van der Waals surface area contributed by atoms with Crippen molar-refractivity contribution in [2.45, 2.75) is 58.2 Å². The van der Waals surface area contributed by atoms with Crippen molar-refractivity contribution in [1.82, 2.24) is 0 Å². The Balaban J connectivity index is 3.24. The van der Waals surface area contributed by atoms with Crippen molar-refractivity contribution in [3.63, 3.8) is 0 Å². The summed E-state index contributed by atoms with van der Waals surface area (Å²) < 4.78 is 6.83. The molecule has 1 aromatic carbocycles. The van der Waals surface area contributed by atoms with E-state index in [0.29, 0.717) is 16.6 Å². The van der Waals surface area contributed by atoms with Crippen LogP contribution in [-0.4, -0.2) is 14.6 Å². The molecule has 0 aliphatic rings. The summed E-state index contributed by atoms with van der Waals surface area (Å²) in [4.78, 5) is 0. The van der Waals surface area contributed by atoms with Crippen LogP contribution in [-0.2, 0) is 4.43 Å². The maximum Gasteiger partial charge on any atom is 0.258 e. The normalized spacial score (nSPS) is 13.3. The smallest absolute Gasteiger partial charge is 0.258 e. The van der Waals surface area contributed by atoms with E-state index in [1.807, 2.05) is 0 Å². The highest BCUT2D eigenvalue weighted by atomic mass is 32.2. The van der Waals surface area contributed by atoms with E-state index < -0.39 is 8.32 Å². The van der Waals surface area contributed by atoms with Crippen molar-refractivity contribution in [1.29, 1.82) is 0 Å². The van der Waals surface area contributed by atoms with Gasteiger partial charge in [-0.15, -0.1) is 11.8 Å². The molecule has 1 nitrogen and oxygen atoms in total. The minimum atomic E-state index is -1.89. The Morgan fingerprint density at radius 1 is 0.952 bits per heavy atom. The lowest BCUT2D eigenvalue weighted by Crippen LogP contribution is -2.47. The van der Waals surface area contributed by atoms with E-state index in [1.165, 1.54) is 5.56 Å². The molecule has 0 aliphatic heterocycles. The average molecular weight is 323 g/mol. The number of benzene rings is 1. The predicted molar refractivity (Wildman–Crippen MR) is 100 cm³/mol. The van der Waals surface area contributed by atoms with Crippen LogP contribution >= 0.6 is 11.8 Å². The summed E-state index contributed by atoms with van der Waals surface area (Å²) in [6, 6.07) is 10.5. The van der Waals surface area contributed by atoms with Gasteiger partial charge in [0, 0.05) is 11.0 Å². The Kier molecular flexibility index (Phi) is 7.08. The van der Waals surface area contributed by atoms with Crippen LogP contribution in [0.3, 0.4) is 0 Å². The molecule has 0 unspecified atom stereocenters. The summed E-state index contributed by atoms with van der Waals surface area (Å²) >= 11 is 1.72. The average Bonchev–Trinajstić information content (AvgIpc) is 2.43. The van der Waals surface area contributed by atoms with E-state index in [2.05, 4.69) is 83.5 Å². The molecule has 21 heavy (non-hydrogen) atoms. The van der Waals surface area contributed by atoms with Crippen molar-refractivity contribution in [3.8, 4) is 0 Å². The predicted octanol–water partition coefficient (Wildman–Crippen LogP) is 6.54. The van der Waals surface area contributed by atoms with Gasteiger partial charge in [0.15, 0.2) is 0 Å². The van der Waals surface area contributed by atoms with Gasteiger partial charge in [0.2, 0.25) is 0 Å². The number of rotatable bonds is 7. The summed E-state index contributed by atoms with van der Waals surface area (Å²) in [5.74, 6) is 1.05. The monoisotopic (exact) mass is 322 g/mol. The van der Waals surface area contributed by atoms with E-state index in [9.17, 15) is 0 Å². The zero-order chi connectivity index (χ0) is 16.0. The van der Waals surface area contributed by atoms with Crippen molar-refractivity contribution in [3.05, 3.63) is 41.3 Å². The molecular weight excluding hydrogens is 292 g/mol. The molecule has 0 amide bonds. The molecule has 0 spiro atoms. The van der Waals surface area contributed by atoms with Crippen molar-refractivity contribution in [2.24, 2.45) is 0 Å². The van der Waals surface area contributed by atoms with Crippen LogP contribution in [0.2, 0.25) is 16.6 Å². The molecule has 0 radical (unpaired) electrons. The zero-order valence-corrected chi connectivity index (χ0v) is 16.3. The quantitative estimate of drug-likeness (QED) is 0.416. The Hall–Kier alpha value is -0.673.